The number of alkyl halides is 2. The van der Waals surface area contributed by atoms with Gasteiger partial charge in [0.05, 0.1) is 12.7 Å². The smallest absolute Gasteiger partial charge is 0.387 e. The van der Waals surface area contributed by atoms with Crippen molar-refractivity contribution in [2.75, 3.05) is 20.2 Å². The Kier molecular flexibility index (Phi) is 6.11. The summed E-state index contributed by atoms with van der Waals surface area (Å²) in [5.74, 6) is 0.981. The van der Waals surface area contributed by atoms with Crippen LogP contribution in [0, 0.1) is 0 Å². The first-order chi connectivity index (χ1) is 13.4. The van der Waals surface area contributed by atoms with Crippen LogP contribution in [0.2, 0.25) is 0 Å². The quantitative estimate of drug-likeness (QED) is 0.740. The summed E-state index contributed by atoms with van der Waals surface area (Å²) >= 11 is 0. The summed E-state index contributed by atoms with van der Waals surface area (Å²) in [5.41, 5.74) is 0.0553. The van der Waals surface area contributed by atoms with Gasteiger partial charge in [-0.1, -0.05) is 25.1 Å². The van der Waals surface area contributed by atoms with Gasteiger partial charge in [0.25, 0.3) is 5.91 Å². The number of para-hydroxylation sites is 1. The van der Waals surface area contributed by atoms with Gasteiger partial charge in [-0.05, 0) is 25.0 Å². The van der Waals surface area contributed by atoms with Crippen LogP contribution in [0.4, 0.5) is 8.78 Å². The molecule has 1 aliphatic rings. The van der Waals surface area contributed by atoms with E-state index in [-0.39, 0.29) is 34.8 Å². The van der Waals surface area contributed by atoms with Gasteiger partial charge in [0.1, 0.15) is 0 Å². The van der Waals surface area contributed by atoms with Gasteiger partial charge in [-0.15, -0.1) is 0 Å². The average molecular weight is 395 g/mol. The van der Waals surface area contributed by atoms with Gasteiger partial charge in [0.15, 0.2) is 17.3 Å². The molecule has 0 unspecified atom stereocenters. The fourth-order valence-electron chi connectivity index (χ4n) is 3.21. The third-order valence-electron chi connectivity index (χ3n) is 4.73. The van der Waals surface area contributed by atoms with Crippen LogP contribution in [0.5, 0.6) is 11.5 Å². The fraction of sp³-hybridized carbons (Fsp3) is 0.526. The highest BCUT2D eigenvalue weighted by molar-refractivity contribution is 5.97. The Hall–Kier alpha value is -2.71. The van der Waals surface area contributed by atoms with Gasteiger partial charge in [-0.25, -0.2) is 0 Å². The Morgan fingerprint density at radius 2 is 2.00 bits per heavy atom. The van der Waals surface area contributed by atoms with Crippen molar-refractivity contribution in [3.05, 3.63) is 35.5 Å². The number of halogens is 2. The van der Waals surface area contributed by atoms with Crippen molar-refractivity contribution in [1.82, 2.24) is 15.0 Å². The molecule has 1 aliphatic heterocycles. The summed E-state index contributed by atoms with van der Waals surface area (Å²) in [7, 11) is 1.34. The second-order valence-electron chi connectivity index (χ2n) is 6.93. The van der Waals surface area contributed by atoms with E-state index in [0.29, 0.717) is 37.6 Å². The van der Waals surface area contributed by atoms with E-state index in [4.69, 9.17) is 9.26 Å². The Balaban J connectivity index is 1.71. The van der Waals surface area contributed by atoms with E-state index in [1.807, 2.05) is 13.8 Å². The monoisotopic (exact) mass is 395 g/mol. The van der Waals surface area contributed by atoms with Crippen LogP contribution in [-0.4, -0.2) is 47.8 Å². The summed E-state index contributed by atoms with van der Waals surface area (Å²) in [6, 6.07) is 4.51. The lowest BCUT2D eigenvalue weighted by molar-refractivity contribution is -0.0516. The number of carbonyl (C=O) groups is 1. The minimum absolute atomic E-state index is 0.0553. The summed E-state index contributed by atoms with van der Waals surface area (Å²) < 4.78 is 40.5. The second kappa shape index (κ2) is 8.53. The number of benzene rings is 1. The molecule has 1 amide bonds. The molecule has 1 aromatic heterocycles. The number of methoxy groups -OCH3 is 1. The zero-order valence-corrected chi connectivity index (χ0v) is 16.0. The van der Waals surface area contributed by atoms with Gasteiger partial charge >= 0.3 is 6.61 Å². The molecular formula is C19H23F2N3O4. The standard InChI is InChI=1S/C19H23F2N3O4/c1-11(2)17-22-16(23-28-17)12-7-9-24(10-8-12)18(25)13-5-4-6-14(26-3)15(13)27-19(20)21/h4-6,11-12,19H,7-10H2,1-3H3. The van der Waals surface area contributed by atoms with Gasteiger partial charge in [-0.2, -0.15) is 13.8 Å². The molecule has 28 heavy (non-hydrogen) atoms. The number of hydrogen-bond donors (Lipinski definition) is 0. The largest absolute Gasteiger partial charge is 0.493 e. The minimum Gasteiger partial charge on any atom is -0.493 e. The normalized spacial score (nSPS) is 15.3. The number of amides is 1. The molecule has 1 fully saturated rings. The number of hydrogen-bond acceptors (Lipinski definition) is 6. The van der Waals surface area contributed by atoms with Crippen molar-refractivity contribution in [3.8, 4) is 11.5 Å². The van der Waals surface area contributed by atoms with Crippen LogP contribution in [0.3, 0.4) is 0 Å². The Labute approximate surface area is 161 Å². The molecule has 2 aromatic rings. The van der Waals surface area contributed by atoms with E-state index in [1.165, 1.54) is 19.2 Å². The van der Waals surface area contributed by atoms with Crippen LogP contribution in [0.25, 0.3) is 0 Å². The van der Waals surface area contributed by atoms with Gasteiger partial charge < -0.3 is 18.9 Å². The van der Waals surface area contributed by atoms with Crippen molar-refractivity contribution in [3.63, 3.8) is 0 Å². The van der Waals surface area contributed by atoms with E-state index in [9.17, 15) is 13.6 Å². The van der Waals surface area contributed by atoms with Crippen molar-refractivity contribution in [2.45, 2.75) is 45.1 Å². The fourth-order valence-corrected chi connectivity index (χ4v) is 3.21. The summed E-state index contributed by atoms with van der Waals surface area (Å²) in [5, 5.41) is 4.05. The number of aromatic nitrogens is 2. The molecule has 0 spiro atoms. The van der Waals surface area contributed by atoms with Crippen molar-refractivity contribution in [2.24, 2.45) is 0 Å². The summed E-state index contributed by atoms with van der Waals surface area (Å²) in [6.07, 6.45) is 1.33. The maximum absolute atomic E-state index is 12.9. The summed E-state index contributed by atoms with van der Waals surface area (Å²) in [4.78, 5) is 19.0. The number of carbonyl (C=O) groups excluding carboxylic acids is 1. The molecule has 0 saturated carbocycles. The Bertz CT molecular complexity index is 817. The number of rotatable bonds is 6. The molecule has 7 nitrogen and oxygen atoms in total. The topological polar surface area (TPSA) is 77.7 Å². The van der Waals surface area contributed by atoms with E-state index < -0.39 is 6.61 Å². The lowest BCUT2D eigenvalue weighted by Crippen LogP contribution is -2.38. The molecule has 1 aromatic carbocycles. The molecule has 9 heteroatoms. The first-order valence-electron chi connectivity index (χ1n) is 9.15. The third-order valence-corrected chi connectivity index (χ3v) is 4.73. The number of nitrogens with zero attached hydrogens (tertiary/aromatic N) is 3. The Morgan fingerprint density at radius 3 is 2.57 bits per heavy atom. The van der Waals surface area contributed by atoms with Crippen molar-refractivity contribution in [1.29, 1.82) is 0 Å². The van der Waals surface area contributed by atoms with E-state index in [0.717, 1.165) is 0 Å². The third kappa shape index (κ3) is 4.23. The van der Waals surface area contributed by atoms with Gasteiger partial charge in [0, 0.05) is 24.9 Å². The lowest BCUT2D eigenvalue weighted by Gasteiger charge is -2.31. The highest BCUT2D eigenvalue weighted by Gasteiger charge is 2.30. The molecular weight excluding hydrogens is 372 g/mol. The molecule has 152 valence electrons. The highest BCUT2D eigenvalue weighted by atomic mass is 19.3. The summed E-state index contributed by atoms with van der Waals surface area (Å²) in [6.45, 7) is 1.82. The van der Waals surface area contributed by atoms with Gasteiger partial charge in [0.2, 0.25) is 5.89 Å². The maximum atomic E-state index is 12.9. The van der Waals surface area contributed by atoms with E-state index in [2.05, 4.69) is 14.9 Å². The second-order valence-corrected chi connectivity index (χ2v) is 6.93. The van der Waals surface area contributed by atoms with Crippen molar-refractivity contribution >= 4 is 5.91 Å². The Morgan fingerprint density at radius 1 is 1.29 bits per heavy atom. The van der Waals surface area contributed by atoms with E-state index >= 15 is 0 Å². The van der Waals surface area contributed by atoms with Crippen LogP contribution in [0.1, 0.15) is 60.6 Å². The lowest BCUT2D eigenvalue weighted by atomic mass is 9.95. The van der Waals surface area contributed by atoms with Gasteiger partial charge in [-0.3, -0.25) is 4.79 Å². The van der Waals surface area contributed by atoms with Crippen LogP contribution in [-0.2, 0) is 0 Å². The van der Waals surface area contributed by atoms with Crippen LogP contribution in [0.15, 0.2) is 22.7 Å². The number of ether oxygens (including phenoxy) is 2. The molecule has 0 radical (unpaired) electrons. The van der Waals surface area contributed by atoms with Crippen molar-refractivity contribution < 1.29 is 27.6 Å². The zero-order valence-electron chi connectivity index (χ0n) is 16.0. The molecule has 3 rings (SSSR count). The predicted molar refractivity (Wildman–Crippen MR) is 95.9 cm³/mol. The average Bonchev–Trinajstić information content (AvgIpc) is 3.18. The maximum Gasteiger partial charge on any atom is 0.387 e. The van der Waals surface area contributed by atoms with E-state index in [1.54, 1.807) is 11.0 Å². The predicted octanol–water partition coefficient (Wildman–Crippen LogP) is 3.82. The number of likely N-dealkylation sites (tertiary alicyclic amines) is 1. The highest BCUT2D eigenvalue weighted by Crippen LogP contribution is 2.34. The van der Waals surface area contributed by atoms with Crippen LogP contribution < -0.4 is 9.47 Å². The molecule has 0 atom stereocenters. The van der Waals surface area contributed by atoms with Crippen LogP contribution >= 0.6 is 0 Å². The zero-order chi connectivity index (χ0) is 20.3. The molecule has 0 bridgehead atoms. The number of piperidine rings is 1. The molecule has 2 heterocycles. The molecule has 0 aliphatic carbocycles. The first-order valence-corrected chi connectivity index (χ1v) is 9.15. The first kappa shape index (κ1) is 20.0. The molecule has 0 N–H and O–H groups in total. The minimum atomic E-state index is -3.05. The molecule has 1 saturated heterocycles. The SMILES string of the molecule is COc1cccc(C(=O)N2CCC(c3noc(C(C)C)n3)CC2)c1OC(F)F.